The van der Waals surface area contributed by atoms with Crippen LogP contribution in [0.5, 0.6) is 0 Å². The molecular formula is C12H15NO4. The molecule has 2 rings (SSSR count). The van der Waals surface area contributed by atoms with Gasteiger partial charge < -0.3 is 13.9 Å². The fraction of sp³-hybridized carbons (Fsp3) is 0.500. The van der Waals surface area contributed by atoms with Crippen molar-refractivity contribution in [1.29, 1.82) is 0 Å². The smallest absolute Gasteiger partial charge is 0.335 e. The Morgan fingerprint density at radius 1 is 1.47 bits per heavy atom. The molecule has 5 nitrogen and oxygen atoms in total. The fourth-order valence-corrected chi connectivity index (χ4v) is 1.69. The zero-order valence-corrected chi connectivity index (χ0v) is 9.88. The van der Waals surface area contributed by atoms with E-state index in [4.69, 9.17) is 13.9 Å². The Bertz CT molecular complexity index is 424. The number of rotatable bonds is 4. The summed E-state index contributed by atoms with van der Waals surface area (Å²) < 4.78 is 15.8. The van der Waals surface area contributed by atoms with Gasteiger partial charge in [-0.3, -0.25) is 0 Å². The zero-order valence-electron chi connectivity index (χ0n) is 9.88. The van der Waals surface area contributed by atoms with Gasteiger partial charge in [-0.15, -0.1) is 0 Å². The number of carbonyl (C=O) groups is 1. The van der Waals surface area contributed by atoms with Gasteiger partial charge in [-0.25, -0.2) is 9.79 Å². The maximum absolute atomic E-state index is 11.6. The molecule has 1 aliphatic rings. The molecule has 0 N–H and O–H groups in total. The summed E-state index contributed by atoms with van der Waals surface area (Å²) in [7, 11) is 0. The highest BCUT2D eigenvalue weighted by molar-refractivity contribution is 5.80. The van der Waals surface area contributed by atoms with Crippen molar-refractivity contribution < 1.29 is 18.7 Å². The van der Waals surface area contributed by atoms with Crippen molar-refractivity contribution in [2.24, 2.45) is 4.99 Å². The molecule has 0 aliphatic carbocycles. The topological polar surface area (TPSA) is 61.0 Å². The number of carbonyl (C=O) groups excluding carboxylic acids is 1. The lowest BCUT2D eigenvalue weighted by molar-refractivity contribution is -0.146. The Morgan fingerprint density at radius 2 is 2.29 bits per heavy atom. The number of hydrogen-bond donors (Lipinski definition) is 0. The number of nitrogens with zero attached hydrogens (tertiary/aromatic N) is 1. The molecule has 0 saturated carbocycles. The van der Waals surface area contributed by atoms with Crippen LogP contribution in [0.1, 0.15) is 31.5 Å². The Hall–Kier alpha value is -1.78. The van der Waals surface area contributed by atoms with Gasteiger partial charge in [0.25, 0.3) is 0 Å². The molecule has 2 atom stereocenters. The van der Waals surface area contributed by atoms with Gasteiger partial charge in [0.05, 0.1) is 6.61 Å². The van der Waals surface area contributed by atoms with E-state index in [9.17, 15) is 4.79 Å². The van der Waals surface area contributed by atoms with Crippen LogP contribution >= 0.6 is 0 Å². The minimum Gasteiger partial charge on any atom is -0.469 e. The van der Waals surface area contributed by atoms with Gasteiger partial charge in [-0.1, -0.05) is 6.92 Å². The molecule has 92 valence electrons. The number of furan rings is 1. The average Bonchev–Trinajstić information content (AvgIpc) is 2.97. The van der Waals surface area contributed by atoms with E-state index in [-0.39, 0.29) is 5.97 Å². The lowest BCUT2D eigenvalue weighted by Gasteiger charge is -2.13. The highest BCUT2D eigenvalue weighted by atomic mass is 16.5. The van der Waals surface area contributed by atoms with Gasteiger partial charge in [0.15, 0.2) is 18.5 Å². The minimum absolute atomic E-state index is 0.329. The van der Waals surface area contributed by atoms with Crippen LogP contribution in [-0.2, 0) is 20.7 Å². The number of esters is 1. The first kappa shape index (κ1) is 11.7. The summed E-state index contributed by atoms with van der Waals surface area (Å²) in [6, 6.07) is 3.02. The van der Waals surface area contributed by atoms with Gasteiger partial charge in [-0.05, 0) is 19.1 Å². The molecular weight excluding hydrogens is 222 g/mol. The number of aryl methyl sites for hydroxylation is 1. The number of hydrogen-bond acceptors (Lipinski definition) is 5. The highest BCUT2D eigenvalue weighted by Crippen LogP contribution is 2.29. The van der Waals surface area contributed by atoms with Crippen LogP contribution in [0.25, 0.3) is 0 Å². The minimum atomic E-state index is -0.661. The van der Waals surface area contributed by atoms with Crippen LogP contribution < -0.4 is 0 Å². The normalized spacial score (nSPS) is 22.5. The molecule has 1 aliphatic heterocycles. The van der Waals surface area contributed by atoms with Crippen LogP contribution in [0.4, 0.5) is 0 Å². The SMILES string of the molecule is CCOC(=O)C1N=COC1c1ccc(CC)o1. The second kappa shape index (κ2) is 5.03. The number of aliphatic imine (C=N–C) groups is 1. The molecule has 0 fully saturated rings. The summed E-state index contributed by atoms with van der Waals surface area (Å²) in [6.45, 7) is 4.09. The summed E-state index contributed by atoms with van der Waals surface area (Å²) in [5, 5.41) is 0. The van der Waals surface area contributed by atoms with E-state index in [2.05, 4.69) is 4.99 Å². The van der Waals surface area contributed by atoms with Crippen LogP contribution in [0.3, 0.4) is 0 Å². The molecule has 17 heavy (non-hydrogen) atoms. The molecule has 2 unspecified atom stereocenters. The molecule has 0 amide bonds. The third kappa shape index (κ3) is 2.33. The van der Waals surface area contributed by atoms with Crippen LogP contribution in [0, 0.1) is 0 Å². The van der Waals surface area contributed by atoms with E-state index >= 15 is 0 Å². The molecule has 1 aromatic rings. The zero-order chi connectivity index (χ0) is 12.3. The molecule has 0 aromatic carbocycles. The second-order valence-corrected chi connectivity index (χ2v) is 3.67. The maximum Gasteiger partial charge on any atom is 0.335 e. The van der Waals surface area contributed by atoms with Crippen molar-refractivity contribution in [3.63, 3.8) is 0 Å². The first-order chi connectivity index (χ1) is 8.26. The van der Waals surface area contributed by atoms with Gasteiger partial charge >= 0.3 is 5.97 Å². The molecule has 1 aromatic heterocycles. The highest BCUT2D eigenvalue weighted by Gasteiger charge is 2.37. The van der Waals surface area contributed by atoms with Gasteiger partial charge in [-0.2, -0.15) is 0 Å². The van der Waals surface area contributed by atoms with Crippen molar-refractivity contribution in [1.82, 2.24) is 0 Å². The summed E-state index contributed by atoms with van der Waals surface area (Å²) in [5.74, 6) is 1.08. The average molecular weight is 237 g/mol. The van der Waals surface area contributed by atoms with E-state index in [1.807, 2.05) is 19.1 Å². The van der Waals surface area contributed by atoms with E-state index in [0.29, 0.717) is 12.4 Å². The monoisotopic (exact) mass is 237 g/mol. The predicted molar refractivity (Wildman–Crippen MR) is 60.8 cm³/mol. The van der Waals surface area contributed by atoms with E-state index in [1.165, 1.54) is 6.40 Å². The summed E-state index contributed by atoms with van der Waals surface area (Å²) >= 11 is 0. The summed E-state index contributed by atoms with van der Waals surface area (Å²) in [4.78, 5) is 15.6. The van der Waals surface area contributed by atoms with Crippen molar-refractivity contribution in [2.45, 2.75) is 32.4 Å². The van der Waals surface area contributed by atoms with Crippen LogP contribution in [-0.4, -0.2) is 25.0 Å². The number of ether oxygens (including phenoxy) is 2. The molecule has 0 spiro atoms. The molecule has 0 saturated heterocycles. The molecule has 2 heterocycles. The second-order valence-electron chi connectivity index (χ2n) is 3.67. The third-order valence-corrected chi connectivity index (χ3v) is 2.56. The van der Waals surface area contributed by atoms with Crippen molar-refractivity contribution in [3.05, 3.63) is 23.7 Å². The van der Waals surface area contributed by atoms with Crippen molar-refractivity contribution >= 4 is 12.4 Å². The first-order valence-corrected chi connectivity index (χ1v) is 5.68. The fourth-order valence-electron chi connectivity index (χ4n) is 1.69. The molecule has 0 radical (unpaired) electrons. The van der Waals surface area contributed by atoms with Crippen molar-refractivity contribution in [2.75, 3.05) is 6.61 Å². The predicted octanol–water partition coefficient (Wildman–Crippen LogP) is 1.87. The molecule has 0 bridgehead atoms. The lowest BCUT2D eigenvalue weighted by Crippen LogP contribution is -2.26. The maximum atomic E-state index is 11.6. The van der Waals surface area contributed by atoms with E-state index < -0.39 is 12.1 Å². The van der Waals surface area contributed by atoms with Crippen LogP contribution in [0.15, 0.2) is 21.5 Å². The first-order valence-electron chi connectivity index (χ1n) is 5.68. The standard InChI is InChI=1S/C12H15NO4/c1-3-8-5-6-9(17-8)11-10(13-7-16-11)12(14)15-4-2/h5-7,10-11H,3-4H2,1-2H3. The largest absolute Gasteiger partial charge is 0.469 e. The molecule has 5 heteroatoms. The van der Waals surface area contributed by atoms with Gasteiger partial charge in [0, 0.05) is 6.42 Å². The van der Waals surface area contributed by atoms with E-state index in [1.54, 1.807) is 6.92 Å². The van der Waals surface area contributed by atoms with Gasteiger partial charge in [0.2, 0.25) is 0 Å². The van der Waals surface area contributed by atoms with Gasteiger partial charge in [0.1, 0.15) is 11.5 Å². The quantitative estimate of drug-likeness (QED) is 0.750. The Labute approximate surface area is 99.4 Å². The Balaban J connectivity index is 2.12. The van der Waals surface area contributed by atoms with E-state index in [0.717, 1.165) is 12.2 Å². The Morgan fingerprint density at radius 3 is 2.94 bits per heavy atom. The Kier molecular flexibility index (Phi) is 3.46. The summed E-state index contributed by atoms with van der Waals surface area (Å²) in [6.07, 6.45) is 1.58. The summed E-state index contributed by atoms with van der Waals surface area (Å²) in [5.41, 5.74) is 0. The van der Waals surface area contributed by atoms with Crippen LogP contribution in [0.2, 0.25) is 0 Å². The lowest BCUT2D eigenvalue weighted by atomic mass is 10.1. The van der Waals surface area contributed by atoms with Crippen molar-refractivity contribution in [3.8, 4) is 0 Å². The third-order valence-electron chi connectivity index (χ3n) is 2.56.